The molecule has 1 aliphatic carbocycles. The maximum Gasteiger partial charge on any atom is 0.153 e. The van der Waals surface area contributed by atoms with Gasteiger partial charge in [0.05, 0.1) is 0 Å². The molecule has 3 N–H and O–H groups in total. The van der Waals surface area contributed by atoms with Crippen molar-refractivity contribution in [1.82, 2.24) is 10.2 Å². The molecule has 0 saturated carbocycles. The Kier molecular flexibility index (Phi) is 3.05. The van der Waals surface area contributed by atoms with Crippen LogP contribution in [0.5, 0.6) is 0 Å². The van der Waals surface area contributed by atoms with Crippen molar-refractivity contribution in [1.29, 1.82) is 0 Å². The summed E-state index contributed by atoms with van der Waals surface area (Å²) in [6.07, 6.45) is 8.79. The van der Waals surface area contributed by atoms with Gasteiger partial charge < -0.3 is 10.6 Å². The summed E-state index contributed by atoms with van der Waals surface area (Å²) in [5.41, 5.74) is 8.83. The number of aromatic amines is 1. The highest BCUT2D eigenvalue weighted by atomic mass is 15.3. The summed E-state index contributed by atoms with van der Waals surface area (Å²) in [6.45, 7) is 2.04. The molecule has 1 atom stereocenters. The lowest BCUT2D eigenvalue weighted by Crippen LogP contribution is -2.27. The predicted molar refractivity (Wildman–Crippen MR) is 69.3 cm³/mol. The Morgan fingerprint density at radius 3 is 2.76 bits per heavy atom. The molecule has 0 amide bonds. The van der Waals surface area contributed by atoms with E-state index in [0.29, 0.717) is 6.04 Å². The van der Waals surface area contributed by atoms with Crippen molar-refractivity contribution < 1.29 is 0 Å². The first-order valence-corrected chi connectivity index (χ1v) is 6.91. The number of H-pyrrole nitrogens is 1. The van der Waals surface area contributed by atoms with E-state index in [1.807, 2.05) is 0 Å². The van der Waals surface area contributed by atoms with Crippen molar-refractivity contribution in [2.45, 2.75) is 51.0 Å². The average molecular weight is 234 g/mol. The minimum atomic E-state index is 0.330. The molecule has 3 rings (SSSR count). The molecular weight excluding hydrogens is 212 g/mol. The topological polar surface area (TPSA) is 57.9 Å². The van der Waals surface area contributed by atoms with Gasteiger partial charge in [-0.15, -0.1) is 0 Å². The van der Waals surface area contributed by atoms with Gasteiger partial charge in [0, 0.05) is 30.4 Å². The molecule has 1 aromatic heterocycles. The molecule has 2 heterocycles. The van der Waals surface area contributed by atoms with E-state index in [2.05, 4.69) is 15.1 Å². The second kappa shape index (κ2) is 4.69. The van der Waals surface area contributed by atoms with E-state index in [9.17, 15) is 0 Å². The van der Waals surface area contributed by atoms with E-state index < -0.39 is 0 Å². The Bertz CT molecular complexity index is 385. The van der Waals surface area contributed by atoms with Crippen LogP contribution in [0.15, 0.2) is 0 Å². The van der Waals surface area contributed by atoms with E-state index in [4.69, 9.17) is 5.73 Å². The van der Waals surface area contributed by atoms with Crippen LogP contribution in [0, 0.1) is 0 Å². The number of rotatable bonds is 1. The number of aryl methyl sites for hydroxylation is 1. The standard InChI is InChI=1S/C13H22N4/c14-10-7-8-17(9-10)13-11-5-3-1-2-4-6-12(11)15-16-13/h10H,1-9,14H2,(H,15,16). The van der Waals surface area contributed by atoms with Crippen molar-refractivity contribution in [3.05, 3.63) is 11.3 Å². The fourth-order valence-corrected chi connectivity index (χ4v) is 3.06. The van der Waals surface area contributed by atoms with Gasteiger partial charge in [0.15, 0.2) is 5.82 Å². The van der Waals surface area contributed by atoms with Crippen molar-refractivity contribution in [2.75, 3.05) is 18.0 Å². The molecule has 4 heteroatoms. The molecule has 1 aliphatic heterocycles. The summed E-state index contributed by atoms with van der Waals surface area (Å²) in [7, 11) is 0. The van der Waals surface area contributed by atoms with Crippen LogP contribution in [0.25, 0.3) is 0 Å². The highest BCUT2D eigenvalue weighted by Gasteiger charge is 2.25. The summed E-state index contributed by atoms with van der Waals surface area (Å²) >= 11 is 0. The second-order valence-corrected chi connectivity index (χ2v) is 5.41. The van der Waals surface area contributed by atoms with Crippen LogP contribution in [-0.4, -0.2) is 29.3 Å². The summed E-state index contributed by atoms with van der Waals surface area (Å²) in [5.74, 6) is 1.19. The molecule has 4 nitrogen and oxygen atoms in total. The second-order valence-electron chi connectivity index (χ2n) is 5.41. The highest BCUT2D eigenvalue weighted by Crippen LogP contribution is 2.28. The van der Waals surface area contributed by atoms with Gasteiger partial charge in [-0.2, -0.15) is 5.10 Å². The Hall–Kier alpha value is -1.03. The fourth-order valence-electron chi connectivity index (χ4n) is 3.06. The first-order chi connectivity index (χ1) is 8.34. The van der Waals surface area contributed by atoms with E-state index in [1.54, 1.807) is 0 Å². The lowest BCUT2D eigenvalue weighted by molar-refractivity contribution is 0.612. The minimum Gasteiger partial charge on any atom is -0.353 e. The zero-order valence-corrected chi connectivity index (χ0v) is 10.4. The van der Waals surface area contributed by atoms with Crippen LogP contribution < -0.4 is 10.6 Å². The Balaban J connectivity index is 1.84. The summed E-state index contributed by atoms with van der Waals surface area (Å²) < 4.78 is 0. The molecule has 1 unspecified atom stereocenters. The molecule has 0 spiro atoms. The number of fused-ring (bicyclic) bond motifs is 1. The summed E-state index contributed by atoms with van der Waals surface area (Å²) in [4.78, 5) is 2.36. The maximum absolute atomic E-state index is 5.98. The normalized spacial score (nSPS) is 25.5. The van der Waals surface area contributed by atoms with Gasteiger partial charge in [-0.1, -0.05) is 12.8 Å². The van der Waals surface area contributed by atoms with Crippen LogP contribution in [0.2, 0.25) is 0 Å². The van der Waals surface area contributed by atoms with E-state index in [0.717, 1.165) is 19.5 Å². The molecular formula is C13H22N4. The van der Waals surface area contributed by atoms with Gasteiger partial charge in [0.1, 0.15) is 0 Å². The number of nitrogens with zero attached hydrogens (tertiary/aromatic N) is 2. The lowest BCUT2D eigenvalue weighted by Gasteiger charge is -2.18. The number of hydrogen-bond donors (Lipinski definition) is 2. The molecule has 1 aromatic rings. The van der Waals surface area contributed by atoms with Gasteiger partial charge in [-0.25, -0.2) is 0 Å². The highest BCUT2D eigenvalue weighted by molar-refractivity contribution is 5.50. The largest absolute Gasteiger partial charge is 0.353 e. The fraction of sp³-hybridized carbons (Fsp3) is 0.769. The Morgan fingerprint density at radius 2 is 2.00 bits per heavy atom. The maximum atomic E-state index is 5.98. The monoisotopic (exact) mass is 234 g/mol. The predicted octanol–water partition coefficient (Wildman–Crippen LogP) is 1.61. The van der Waals surface area contributed by atoms with Crippen LogP contribution in [0.4, 0.5) is 5.82 Å². The smallest absolute Gasteiger partial charge is 0.153 e. The molecule has 0 bridgehead atoms. The van der Waals surface area contributed by atoms with E-state index in [1.165, 1.54) is 55.6 Å². The third kappa shape index (κ3) is 2.18. The minimum absolute atomic E-state index is 0.330. The first-order valence-electron chi connectivity index (χ1n) is 6.91. The summed E-state index contributed by atoms with van der Waals surface area (Å²) in [6, 6.07) is 0.330. The van der Waals surface area contributed by atoms with Crippen LogP contribution in [-0.2, 0) is 12.8 Å². The third-order valence-corrected chi connectivity index (χ3v) is 4.06. The first kappa shape index (κ1) is 11.1. The van der Waals surface area contributed by atoms with Crippen molar-refractivity contribution in [3.8, 4) is 0 Å². The van der Waals surface area contributed by atoms with E-state index >= 15 is 0 Å². The van der Waals surface area contributed by atoms with Crippen molar-refractivity contribution in [2.24, 2.45) is 5.73 Å². The Labute approximate surface area is 103 Å². The lowest BCUT2D eigenvalue weighted by atomic mass is 9.98. The number of aromatic nitrogens is 2. The number of nitrogens with one attached hydrogen (secondary N) is 1. The quantitative estimate of drug-likeness (QED) is 0.776. The molecule has 2 aliphatic rings. The zero-order valence-electron chi connectivity index (χ0n) is 10.4. The van der Waals surface area contributed by atoms with Gasteiger partial charge in [0.2, 0.25) is 0 Å². The molecule has 0 radical (unpaired) electrons. The van der Waals surface area contributed by atoms with Gasteiger partial charge >= 0.3 is 0 Å². The molecule has 94 valence electrons. The number of hydrogen-bond acceptors (Lipinski definition) is 3. The average Bonchev–Trinajstić information content (AvgIpc) is 2.85. The number of anilines is 1. The molecule has 1 saturated heterocycles. The molecule has 1 fully saturated rings. The summed E-state index contributed by atoms with van der Waals surface area (Å²) in [5, 5.41) is 7.80. The molecule has 17 heavy (non-hydrogen) atoms. The Morgan fingerprint density at radius 1 is 1.18 bits per heavy atom. The van der Waals surface area contributed by atoms with E-state index in [-0.39, 0.29) is 0 Å². The van der Waals surface area contributed by atoms with Crippen molar-refractivity contribution in [3.63, 3.8) is 0 Å². The zero-order chi connectivity index (χ0) is 11.7. The number of nitrogens with two attached hydrogens (primary N) is 1. The SMILES string of the molecule is NC1CCN(c2n[nH]c3c2CCCCCC3)C1. The van der Waals surface area contributed by atoms with Gasteiger partial charge in [0.25, 0.3) is 0 Å². The van der Waals surface area contributed by atoms with Crippen LogP contribution >= 0.6 is 0 Å². The van der Waals surface area contributed by atoms with Crippen LogP contribution in [0.3, 0.4) is 0 Å². The van der Waals surface area contributed by atoms with Gasteiger partial charge in [-0.05, 0) is 32.1 Å². The third-order valence-electron chi connectivity index (χ3n) is 4.06. The van der Waals surface area contributed by atoms with Crippen LogP contribution in [0.1, 0.15) is 43.4 Å². The van der Waals surface area contributed by atoms with Crippen molar-refractivity contribution >= 4 is 5.82 Å². The molecule has 0 aromatic carbocycles. The van der Waals surface area contributed by atoms with Gasteiger partial charge in [-0.3, -0.25) is 5.10 Å².